The number of rotatable bonds is 7. The summed E-state index contributed by atoms with van der Waals surface area (Å²) in [5.74, 6) is 1.22. The minimum absolute atomic E-state index is 0.00647. The molecule has 6 nitrogen and oxygen atoms in total. The lowest BCUT2D eigenvalue weighted by molar-refractivity contribution is -0.121. The summed E-state index contributed by atoms with van der Waals surface area (Å²) in [6.07, 6.45) is 5.52. The van der Waals surface area contributed by atoms with Crippen LogP contribution in [0.5, 0.6) is 0 Å². The molecule has 0 aliphatic carbocycles. The van der Waals surface area contributed by atoms with E-state index in [9.17, 15) is 4.79 Å². The number of aromatic amines is 1. The van der Waals surface area contributed by atoms with Crippen molar-refractivity contribution in [3.8, 4) is 0 Å². The molecule has 0 aliphatic heterocycles. The van der Waals surface area contributed by atoms with Crippen molar-refractivity contribution in [2.45, 2.75) is 39.7 Å². The first-order valence-electron chi connectivity index (χ1n) is 6.82. The molecule has 2 aromatic rings. The first-order valence-corrected chi connectivity index (χ1v) is 6.82. The average molecular weight is 276 g/mol. The zero-order chi connectivity index (χ0) is 14.4. The van der Waals surface area contributed by atoms with Crippen molar-refractivity contribution < 1.29 is 9.32 Å². The summed E-state index contributed by atoms with van der Waals surface area (Å²) in [4.78, 5) is 11.7. The molecule has 0 saturated heterocycles. The Hall–Kier alpha value is -2.11. The van der Waals surface area contributed by atoms with Gasteiger partial charge in [0.25, 0.3) is 0 Å². The van der Waals surface area contributed by atoms with Crippen LogP contribution in [0.25, 0.3) is 0 Å². The Morgan fingerprint density at radius 1 is 1.50 bits per heavy atom. The maximum absolute atomic E-state index is 11.7. The van der Waals surface area contributed by atoms with Gasteiger partial charge in [0.1, 0.15) is 0 Å². The Balaban J connectivity index is 1.71. The minimum atomic E-state index is -0.00647. The Morgan fingerprint density at radius 3 is 3.05 bits per heavy atom. The van der Waals surface area contributed by atoms with Crippen molar-refractivity contribution in [1.82, 2.24) is 20.7 Å². The number of nitrogens with one attached hydrogen (secondary N) is 2. The maximum Gasteiger partial charge on any atom is 0.220 e. The lowest BCUT2D eigenvalue weighted by atomic mass is 10.1. The molecule has 0 spiro atoms. The fourth-order valence-electron chi connectivity index (χ4n) is 1.90. The summed E-state index contributed by atoms with van der Waals surface area (Å²) >= 11 is 0. The van der Waals surface area contributed by atoms with Gasteiger partial charge in [-0.1, -0.05) is 19.0 Å². The zero-order valence-electron chi connectivity index (χ0n) is 11.8. The molecule has 6 heteroatoms. The van der Waals surface area contributed by atoms with E-state index in [1.54, 1.807) is 12.4 Å². The van der Waals surface area contributed by atoms with Crippen molar-refractivity contribution in [2.24, 2.45) is 5.92 Å². The molecule has 108 valence electrons. The summed E-state index contributed by atoms with van der Waals surface area (Å²) < 4.78 is 5.19. The van der Waals surface area contributed by atoms with E-state index in [4.69, 9.17) is 4.52 Å². The molecule has 0 atom stereocenters. The third kappa shape index (κ3) is 4.53. The molecule has 0 aromatic carbocycles. The molecule has 2 rings (SSSR count). The fraction of sp³-hybridized carbons (Fsp3) is 0.500. The molecule has 0 aliphatic rings. The molecule has 0 bridgehead atoms. The first-order chi connectivity index (χ1) is 9.63. The van der Waals surface area contributed by atoms with E-state index in [0.717, 1.165) is 17.7 Å². The number of amides is 1. The smallest absolute Gasteiger partial charge is 0.220 e. The molecule has 0 radical (unpaired) electrons. The number of carbonyl (C=O) groups excluding carboxylic acids is 1. The second-order valence-electron chi connectivity index (χ2n) is 5.27. The van der Waals surface area contributed by atoms with Crippen LogP contribution in [0.15, 0.2) is 23.0 Å². The van der Waals surface area contributed by atoms with Gasteiger partial charge in [-0.05, 0) is 24.3 Å². The quantitative estimate of drug-likeness (QED) is 0.808. The Kier molecular flexibility index (Phi) is 4.92. The molecule has 2 heterocycles. The molecule has 0 unspecified atom stereocenters. The number of hydrogen-bond donors (Lipinski definition) is 2. The molecule has 0 fully saturated rings. The fourth-order valence-corrected chi connectivity index (χ4v) is 1.90. The van der Waals surface area contributed by atoms with E-state index in [1.807, 2.05) is 6.07 Å². The summed E-state index contributed by atoms with van der Waals surface area (Å²) in [5.41, 5.74) is 1.96. The van der Waals surface area contributed by atoms with Crippen LogP contribution < -0.4 is 5.32 Å². The SMILES string of the molecule is CC(C)Cc1cc(CNC(=O)CCc2cn[nH]c2)on1. The second kappa shape index (κ2) is 6.88. The van der Waals surface area contributed by atoms with Crippen LogP contribution in [0.3, 0.4) is 0 Å². The second-order valence-corrected chi connectivity index (χ2v) is 5.27. The number of H-pyrrole nitrogens is 1. The summed E-state index contributed by atoms with van der Waals surface area (Å²) in [7, 11) is 0. The minimum Gasteiger partial charge on any atom is -0.359 e. The van der Waals surface area contributed by atoms with E-state index in [0.29, 0.717) is 31.1 Å². The van der Waals surface area contributed by atoms with Crippen molar-refractivity contribution in [2.75, 3.05) is 0 Å². The van der Waals surface area contributed by atoms with Gasteiger partial charge in [0.2, 0.25) is 5.91 Å². The van der Waals surface area contributed by atoms with Crippen LogP contribution in [-0.2, 0) is 24.2 Å². The topological polar surface area (TPSA) is 83.8 Å². The van der Waals surface area contributed by atoms with Crippen LogP contribution in [0.2, 0.25) is 0 Å². The average Bonchev–Trinajstić information content (AvgIpc) is 3.04. The highest BCUT2D eigenvalue weighted by Gasteiger charge is 2.08. The van der Waals surface area contributed by atoms with E-state index in [2.05, 4.69) is 34.5 Å². The highest BCUT2D eigenvalue weighted by atomic mass is 16.5. The van der Waals surface area contributed by atoms with Crippen LogP contribution >= 0.6 is 0 Å². The van der Waals surface area contributed by atoms with Crippen molar-refractivity contribution >= 4 is 5.91 Å². The third-order valence-corrected chi connectivity index (χ3v) is 2.88. The van der Waals surface area contributed by atoms with Gasteiger partial charge in [0, 0.05) is 18.7 Å². The van der Waals surface area contributed by atoms with Crippen molar-refractivity contribution in [3.05, 3.63) is 35.5 Å². The molecule has 2 N–H and O–H groups in total. The van der Waals surface area contributed by atoms with Gasteiger partial charge in [-0.2, -0.15) is 5.10 Å². The highest BCUT2D eigenvalue weighted by Crippen LogP contribution is 2.09. The number of carbonyl (C=O) groups is 1. The van der Waals surface area contributed by atoms with E-state index in [-0.39, 0.29) is 5.91 Å². The van der Waals surface area contributed by atoms with Gasteiger partial charge >= 0.3 is 0 Å². The van der Waals surface area contributed by atoms with Gasteiger partial charge < -0.3 is 9.84 Å². The summed E-state index contributed by atoms with van der Waals surface area (Å²) in [5, 5.41) is 13.4. The molecule has 1 amide bonds. The normalized spacial score (nSPS) is 10.9. The molecular weight excluding hydrogens is 256 g/mol. The standard InChI is InChI=1S/C14H20N4O2/c1-10(2)5-12-6-13(20-18-12)9-15-14(19)4-3-11-7-16-17-8-11/h6-8,10H,3-5,9H2,1-2H3,(H,15,19)(H,16,17). The molecule has 0 saturated carbocycles. The molecular formula is C14H20N4O2. The van der Waals surface area contributed by atoms with Gasteiger partial charge in [0.15, 0.2) is 5.76 Å². The number of aryl methyl sites for hydroxylation is 1. The van der Waals surface area contributed by atoms with E-state index in [1.165, 1.54) is 0 Å². The Morgan fingerprint density at radius 2 is 2.35 bits per heavy atom. The van der Waals surface area contributed by atoms with E-state index < -0.39 is 0 Å². The van der Waals surface area contributed by atoms with Crippen LogP contribution in [0.1, 0.15) is 37.3 Å². The van der Waals surface area contributed by atoms with Gasteiger partial charge in [-0.3, -0.25) is 9.89 Å². The summed E-state index contributed by atoms with van der Waals surface area (Å²) in [6, 6.07) is 1.90. The number of aromatic nitrogens is 3. The van der Waals surface area contributed by atoms with Crippen molar-refractivity contribution in [1.29, 1.82) is 0 Å². The number of hydrogen-bond acceptors (Lipinski definition) is 4. The van der Waals surface area contributed by atoms with Gasteiger partial charge in [0.05, 0.1) is 18.4 Å². The van der Waals surface area contributed by atoms with E-state index >= 15 is 0 Å². The molecule has 20 heavy (non-hydrogen) atoms. The lowest BCUT2D eigenvalue weighted by Crippen LogP contribution is -2.22. The van der Waals surface area contributed by atoms with Crippen LogP contribution in [-0.4, -0.2) is 21.3 Å². The van der Waals surface area contributed by atoms with Crippen LogP contribution in [0, 0.1) is 5.92 Å². The zero-order valence-corrected chi connectivity index (χ0v) is 11.8. The monoisotopic (exact) mass is 276 g/mol. The van der Waals surface area contributed by atoms with Gasteiger partial charge in [-0.25, -0.2) is 0 Å². The first kappa shape index (κ1) is 14.3. The predicted molar refractivity (Wildman–Crippen MR) is 73.8 cm³/mol. The maximum atomic E-state index is 11.7. The van der Waals surface area contributed by atoms with Gasteiger partial charge in [-0.15, -0.1) is 0 Å². The highest BCUT2D eigenvalue weighted by molar-refractivity contribution is 5.76. The van der Waals surface area contributed by atoms with Crippen molar-refractivity contribution in [3.63, 3.8) is 0 Å². The Bertz CT molecular complexity index is 531. The molecule has 2 aromatic heterocycles. The largest absolute Gasteiger partial charge is 0.359 e. The Labute approximate surface area is 117 Å². The predicted octanol–water partition coefficient (Wildman–Crippen LogP) is 1.85. The summed E-state index contributed by atoms with van der Waals surface area (Å²) in [6.45, 7) is 4.65. The van der Waals surface area contributed by atoms with Crippen LogP contribution in [0.4, 0.5) is 0 Å². The lowest BCUT2D eigenvalue weighted by Gasteiger charge is -2.01. The third-order valence-electron chi connectivity index (χ3n) is 2.88. The number of nitrogens with zero attached hydrogens (tertiary/aromatic N) is 2.